The standard InChI is InChI=1S/C13H15F2N3S/c1-2-6-16-12(13-8-17-19-18-13)7-9-10(14)4-3-5-11(9)15/h3-5,8,12,16H,2,6-7H2,1H3. The van der Waals surface area contributed by atoms with Gasteiger partial charge in [0, 0.05) is 5.56 Å². The Balaban J connectivity index is 2.20. The van der Waals surface area contributed by atoms with E-state index in [1.807, 2.05) is 6.92 Å². The minimum absolute atomic E-state index is 0.0871. The molecule has 0 bridgehead atoms. The van der Waals surface area contributed by atoms with Crippen LogP contribution in [0.2, 0.25) is 0 Å². The third kappa shape index (κ3) is 3.54. The maximum Gasteiger partial charge on any atom is 0.129 e. The smallest absolute Gasteiger partial charge is 0.129 e. The van der Waals surface area contributed by atoms with Gasteiger partial charge in [-0.2, -0.15) is 8.75 Å². The van der Waals surface area contributed by atoms with E-state index in [4.69, 9.17) is 0 Å². The summed E-state index contributed by atoms with van der Waals surface area (Å²) in [5, 5.41) is 3.25. The summed E-state index contributed by atoms with van der Waals surface area (Å²) in [4.78, 5) is 0. The summed E-state index contributed by atoms with van der Waals surface area (Å²) >= 11 is 1.09. The first-order valence-electron chi connectivity index (χ1n) is 6.16. The highest BCUT2D eigenvalue weighted by atomic mass is 32.1. The largest absolute Gasteiger partial charge is 0.308 e. The fourth-order valence-corrected chi connectivity index (χ4v) is 2.33. The molecule has 1 unspecified atom stereocenters. The highest BCUT2D eigenvalue weighted by Crippen LogP contribution is 2.21. The van der Waals surface area contributed by atoms with Crippen molar-refractivity contribution in [3.05, 3.63) is 47.3 Å². The summed E-state index contributed by atoms with van der Waals surface area (Å²) in [5.41, 5.74) is 0.810. The van der Waals surface area contributed by atoms with Gasteiger partial charge in [0.15, 0.2) is 0 Å². The van der Waals surface area contributed by atoms with Gasteiger partial charge in [0.2, 0.25) is 0 Å². The number of nitrogens with zero attached hydrogens (tertiary/aromatic N) is 2. The number of halogens is 2. The number of rotatable bonds is 6. The van der Waals surface area contributed by atoms with Gasteiger partial charge in [-0.25, -0.2) is 8.78 Å². The Hall–Kier alpha value is -1.40. The van der Waals surface area contributed by atoms with Gasteiger partial charge < -0.3 is 5.32 Å². The van der Waals surface area contributed by atoms with E-state index < -0.39 is 11.6 Å². The molecule has 0 aliphatic carbocycles. The van der Waals surface area contributed by atoms with Gasteiger partial charge in [-0.05, 0) is 31.5 Å². The van der Waals surface area contributed by atoms with Crippen molar-refractivity contribution in [2.45, 2.75) is 25.8 Å². The second kappa shape index (κ2) is 6.68. The SMILES string of the molecule is CCCNC(Cc1c(F)cccc1F)c1cnsn1. The van der Waals surface area contributed by atoms with Crippen LogP contribution in [0.3, 0.4) is 0 Å². The molecular formula is C13H15F2N3S. The third-order valence-corrected chi connectivity index (χ3v) is 3.34. The molecule has 1 aromatic heterocycles. The Bertz CT molecular complexity index is 496. The first-order chi connectivity index (χ1) is 9.22. The zero-order chi connectivity index (χ0) is 13.7. The molecule has 2 aromatic rings. The Morgan fingerprint density at radius 2 is 2.05 bits per heavy atom. The van der Waals surface area contributed by atoms with E-state index in [-0.39, 0.29) is 18.0 Å². The molecule has 0 saturated heterocycles. The molecule has 19 heavy (non-hydrogen) atoms. The third-order valence-electron chi connectivity index (χ3n) is 2.85. The molecule has 0 saturated carbocycles. The lowest BCUT2D eigenvalue weighted by molar-refractivity contribution is 0.485. The number of hydrogen-bond acceptors (Lipinski definition) is 4. The van der Waals surface area contributed by atoms with Gasteiger partial charge in [-0.3, -0.25) is 0 Å². The van der Waals surface area contributed by atoms with Crippen LogP contribution in [0.25, 0.3) is 0 Å². The van der Waals surface area contributed by atoms with E-state index in [0.29, 0.717) is 0 Å². The molecular weight excluding hydrogens is 268 g/mol. The molecule has 0 aliphatic heterocycles. The number of nitrogens with one attached hydrogen (secondary N) is 1. The maximum absolute atomic E-state index is 13.7. The van der Waals surface area contributed by atoms with E-state index >= 15 is 0 Å². The van der Waals surface area contributed by atoms with Crippen LogP contribution in [0.1, 0.15) is 30.6 Å². The predicted molar refractivity (Wildman–Crippen MR) is 71.0 cm³/mol. The zero-order valence-electron chi connectivity index (χ0n) is 10.6. The predicted octanol–water partition coefficient (Wildman–Crippen LogP) is 3.10. The summed E-state index contributed by atoms with van der Waals surface area (Å²) in [5.74, 6) is -1.04. The van der Waals surface area contributed by atoms with Crippen LogP contribution in [0.15, 0.2) is 24.4 Å². The fraction of sp³-hybridized carbons (Fsp3) is 0.385. The molecule has 0 aliphatic rings. The Morgan fingerprint density at radius 3 is 2.63 bits per heavy atom. The number of aromatic nitrogens is 2. The Kier molecular flexibility index (Phi) is 4.93. The molecule has 0 amide bonds. The van der Waals surface area contributed by atoms with Crippen LogP contribution in [-0.2, 0) is 6.42 Å². The fourth-order valence-electron chi connectivity index (χ4n) is 1.86. The van der Waals surface area contributed by atoms with Crippen LogP contribution < -0.4 is 5.32 Å². The van der Waals surface area contributed by atoms with Gasteiger partial charge in [-0.15, -0.1) is 0 Å². The summed E-state index contributed by atoms with van der Waals surface area (Å²) in [6.45, 7) is 2.80. The molecule has 102 valence electrons. The van der Waals surface area contributed by atoms with Crippen LogP contribution >= 0.6 is 11.7 Å². The number of hydrogen-bond donors (Lipinski definition) is 1. The molecule has 2 rings (SSSR count). The van der Waals surface area contributed by atoms with Gasteiger partial charge in [-0.1, -0.05) is 13.0 Å². The minimum Gasteiger partial charge on any atom is -0.308 e. The van der Waals surface area contributed by atoms with Crippen LogP contribution in [0.5, 0.6) is 0 Å². The molecule has 1 atom stereocenters. The van der Waals surface area contributed by atoms with Gasteiger partial charge in [0.25, 0.3) is 0 Å². The Morgan fingerprint density at radius 1 is 1.32 bits per heavy atom. The van der Waals surface area contributed by atoms with Crippen molar-refractivity contribution in [3.63, 3.8) is 0 Å². The molecule has 6 heteroatoms. The zero-order valence-corrected chi connectivity index (χ0v) is 11.4. The average molecular weight is 283 g/mol. The van der Waals surface area contributed by atoms with E-state index in [0.717, 1.165) is 30.4 Å². The Labute approximate surface area is 115 Å². The first-order valence-corrected chi connectivity index (χ1v) is 6.89. The van der Waals surface area contributed by atoms with E-state index in [2.05, 4.69) is 14.1 Å². The minimum atomic E-state index is -0.522. The quantitative estimate of drug-likeness (QED) is 0.885. The summed E-state index contributed by atoms with van der Waals surface area (Å²) in [6.07, 6.45) is 2.80. The summed E-state index contributed by atoms with van der Waals surface area (Å²) in [6, 6.07) is 3.70. The lowest BCUT2D eigenvalue weighted by Gasteiger charge is -2.16. The summed E-state index contributed by atoms with van der Waals surface area (Å²) < 4.78 is 35.4. The maximum atomic E-state index is 13.7. The van der Waals surface area contributed by atoms with Crippen molar-refractivity contribution in [2.24, 2.45) is 0 Å². The second-order valence-corrected chi connectivity index (χ2v) is 4.80. The van der Waals surface area contributed by atoms with Crippen molar-refractivity contribution < 1.29 is 8.78 Å². The molecule has 1 aromatic carbocycles. The van der Waals surface area contributed by atoms with Gasteiger partial charge in [0.05, 0.1) is 29.7 Å². The van der Waals surface area contributed by atoms with Crippen molar-refractivity contribution in [1.29, 1.82) is 0 Å². The lowest BCUT2D eigenvalue weighted by atomic mass is 10.0. The van der Waals surface area contributed by atoms with E-state index in [9.17, 15) is 8.78 Å². The first kappa shape index (κ1) is 14.0. The average Bonchev–Trinajstić information content (AvgIpc) is 2.91. The molecule has 1 heterocycles. The topological polar surface area (TPSA) is 37.8 Å². The van der Waals surface area contributed by atoms with E-state index in [1.54, 1.807) is 6.20 Å². The molecule has 0 fully saturated rings. The number of benzene rings is 1. The van der Waals surface area contributed by atoms with Crippen LogP contribution in [0.4, 0.5) is 8.78 Å². The summed E-state index contributed by atoms with van der Waals surface area (Å²) in [7, 11) is 0. The highest BCUT2D eigenvalue weighted by Gasteiger charge is 2.18. The van der Waals surface area contributed by atoms with Crippen LogP contribution in [0, 0.1) is 11.6 Å². The van der Waals surface area contributed by atoms with Crippen molar-refractivity contribution >= 4 is 11.7 Å². The second-order valence-electron chi connectivity index (χ2n) is 4.24. The normalized spacial score (nSPS) is 12.6. The van der Waals surface area contributed by atoms with Crippen molar-refractivity contribution in [1.82, 2.24) is 14.1 Å². The van der Waals surface area contributed by atoms with E-state index in [1.165, 1.54) is 18.2 Å². The highest BCUT2D eigenvalue weighted by molar-refractivity contribution is 6.99. The van der Waals surface area contributed by atoms with Crippen LogP contribution in [-0.4, -0.2) is 15.3 Å². The van der Waals surface area contributed by atoms with Gasteiger partial charge >= 0.3 is 0 Å². The molecule has 1 N–H and O–H groups in total. The molecule has 3 nitrogen and oxygen atoms in total. The monoisotopic (exact) mass is 283 g/mol. The molecule has 0 spiro atoms. The molecule has 0 radical (unpaired) electrons. The lowest BCUT2D eigenvalue weighted by Crippen LogP contribution is -2.25. The van der Waals surface area contributed by atoms with Gasteiger partial charge in [0.1, 0.15) is 11.6 Å². The van der Waals surface area contributed by atoms with Crippen molar-refractivity contribution in [2.75, 3.05) is 6.54 Å². The van der Waals surface area contributed by atoms with Crippen molar-refractivity contribution in [3.8, 4) is 0 Å².